The molecule has 4 rings (SSSR count). The molecule has 128 valence electrons. The lowest BCUT2D eigenvalue weighted by atomic mass is 10.0. The van der Waals surface area contributed by atoms with Crippen molar-refractivity contribution in [2.75, 3.05) is 10.6 Å². The maximum atomic E-state index is 12.5. The van der Waals surface area contributed by atoms with E-state index in [4.69, 9.17) is 4.74 Å². The first-order valence-corrected chi connectivity index (χ1v) is 8.71. The number of nitrogens with one attached hydrogen (secondary N) is 2. The van der Waals surface area contributed by atoms with E-state index in [2.05, 4.69) is 10.6 Å². The van der Waals surface area contributed by atoms with Gasteiger partial charge in [0.25, 0.3) is 5.91 Å². The fraction of sp³-hybridized carbons (Fsp3) is 0.300. The van der Waals surface area contributed by atoms with Crippen LogP contribution in [0.3, 0.4) is 0 Å². The SMILES string of the molecule is O=C(CC1CCCC1)Nc1ccc2c(c1)C(=O)Nc1ccccc1O2. The van der Waals surface area contributed by atoms with Crippen LogP contribution in [0, 0.1) is 5.92 Å². The van der Waals surface area contributed by atoms with Gasteiger partial charge in [-0.1, -0.05) is 25.0 Å². The molecule has 1 aliphatic heterocycles. The average Bonchev–Trinajstić information content (AvgIpc) is 3.05. The first-order chi connectivity index (χ1) is 12.2. The van der Waals surface area contributed by atoms with Gasteiger partial charge in [-0.3, -0.25) is 9.59 Å². The van der Waals surface area contributed by atoms with Gasteiger partial charge in [-0.15, -0.1) is 0 Å². The number of fused-ring (bicyclic) bond motifs is 2. The van der Waals surface area contributed by atoms with Gasteiger partial charge in [-0.05, 0) is 49.1 Å². The van der Waals surface area contributed by atoms with E-state index in [9.17, 15) is 9.59 Å². The van der Waals surface area contributed by atoms with Gasteiger partial charge in [-0.2, -0.15) is 0 Å². The molecule has 0 aromatic heterocycles. The highest BCUT2D eigenvalue weighted by atomic mass is 16.5. The maximum Gasteiger partial charge on any atom is 0.259 e. The van der Waals surface area contributed by atoms with Gasteiger partial charge < -0.3 is 15.4 Å². The fourth-order valence-electron chi connectivity index (χ4n) is 3.53. The molecule has 0 unspecified atom stereocenters. The van der Waals surface area contributed by atoms with Gasteiger partial charge in [0.05, 0.1) is 11.3 Å². The lowest BCUT2D eigenvalue weighted by molar-refractivity contribution is -0.117. The summed E-state index contributed by atoms with van der Waals surface area (Å²) in [6.45, 7) is 0. The average molecular weight is 336 g/mol. The minimum atomic E-state index is -0.244. The van der Waals surface area contributed by atoms with Crippen LogP contribution in [0.2, 0.25) is 0 Å². The van der Waals surface area contributed by atoms with Crippen LogP contribution in [0.5, 0.6) is 11.5 Å². The molecular weight excluding hydrogens is 316 g/mol. The second kappa shape index (κ2) is 6.59. The van der Waals surface area contributed by atoms with Crippen LogP contribution in [-0.4, -0.2) is 11.8 Å². The van der Waals surface area contributed by atoms with Crippen LogP contribution in [0.1, 0.15) is 42.5 Å². The molecule has 1 saturated carbocycles. The Morgan fingerprint density at radius 1 is 1.12 bits per heavy atom. The molecular formula is C20H20N2O3. The van der Waals surface area contributed by atoms with Gasteiger partial charge in [-0.25, -0.2) is 0 Å². The van der Waals surface area contributed by atoms with Gasteiger partial charge in [0.15, 0.2) is 5.75 Å². The number of hydrogen-bond acceptors (Lipinski definition) is 3. The number of para-hydroxylation sites is 2. The predicted molar refractivity (Wildman–Crippen MR) is 96.1 cm³/mol. The topological polar surface area (TPSA) is 67.4 Å². The molecule has 25 heavy (non-hydrogen) atoms. The van der Waals surface area contributed by atoms with Crippen molar-refractivity contribution in [1.29, 1.82) is 0 Å². The number of amides is 2. The number of rotatable bonds is 3. The van der Waals surface area contributed by atoms with Crippen LogP contribution < -0.4 is 15.4 Å². The number of hydrogen-bond donors (Lipinski definition) is 2. The summed E-state index contributed by atoms with van der Waals surface area (Å²) in [4.78, 5) is 24.7. The Labute approximate surface area is 146 Å². The van der Waals surface area contributed by atoms with Crippen LogP contribution in [-0.2, 0) is 4.79 Å². The van der Waals surface area contributed by atoms with Crippen LogP contribution >= 0.6 is 0 Å². The summed E-state index contributed by atoms with van der Waals surface area (Å²) in [5, 5.41) is 5.75. The van der Waals surface area contributed by atoms with E-state index in [1.165, 1.54) is 12.8 Å². The first-order valence-electron chi connectivity index (χ1n) is 8.71. The smallest absolute Gasteiger partial charge is 0.259 e. The van der Waals surface area contributed by atoms with Crippen molar-refractivity contribution in [3.8, 4) is 11.5 Å². The van der Waals surface area contributed by atoms with Crippen molar-refractivity contribution in [3.05, 3.63) is 48.0 Å². The normalized spacial score (nSPS) is 16.2. The highest BCUT2D eigenvalue weighted by molar-refractivity contribution is 6.09. The molecule has 1 fully saturated rings. The zero-order valence-electron chi connectivity index (χ0n) is 13.9. The van der Waals surface area contributed by atoms with Gasteiger partial charge in [0.1, 0.15) is 5.75 Å². The van der Waals surface area contributed by atoms with Crippen molar-refractivity contribution < 1.29 is 14.3 Å². The second-order valence-electron chi connectivity index (χ2n) is 6.67. The van der Waals surface area contributed by atoms with Crippen LogP contribution in [0.4, 0.5) is 11.4 Å². The summed E-state index contributed by atoms with van der Waals surface area (Å²) in [7, 11) is 0. The van der Waals surface area contributed by atoms with Crippen molar-refractivity contribution >= 4 is 23.2 Å². The Morgan fingerprint density at radius 3 is 2.76 bits per heavy atom. The molecule has 0 spiro atoms. The van der Waals surface area contributed by atoms with E-state index >= 15 is 0 Å². The number of ether oxygens (including phenoxy) is 1. The fourth-order valence-corrected chi connectivity index (χ4v) is 3.53. The van der Waals surface area contributed by atoms with E-state index in [0.29, 0.717) is 40.8 Å². The lowest BCUT2D eigenvalue weighted by Crippen LogP contribution is -2.16. The number of carbonyl (C=O) groups excluding carboxylic acids is 2. The Morgan fingerprint density at radius 2 is 1.92 bits per heavy atom. The highest BCUT2D eigenvalue weighted by Crippen LogP contribution is 2.36. The Kier molecular flexibility index (Phi) is 4.14. The molecule has 0 bridgehead atoms. The molecule has 1 aliphatic carbocycles. The minimum Gasteiger partial charge on any atom is -0.454 e. The molecule has 2 aromatic rings. The minimum absolute atomic E-state index is 0.00471. The molecule has 0 radical (unpaired) electrons. The molecule has 2 amide bonds. The molecule has 1 heterocycles. The Hall–Kier alpha value is -2.82. The lowest BCUT2D eigenvalue weighted by Gasteiger charge is -2.12. The zero-order valence-corrected chi connectivity index (χ0v) is 13.9. The number of anilines is 2. The number of carbonyl (C=O) groups is 2. The van der Waals surface area contributed by atoms with Crippen LogP contribution in [0.15, 0.2) is 42.5 Å². The Balaban J connectivity index is 1.53. The third-order valence-electron chi connectivity index (χ3n) is 4.81. The quantitative estimate of drug-likeness (QED) is 0.863. The molecule has 0 atom stereocenters. The summed E-state index contributed by atoms with van der Waals surface area (Å²) < 4.78 is 5.84. The molecule has 5 heteroatoms. The van der Waals surface area contributed by atoms with Crippen LogP contribution in [0.25, 0.3) is 0 Å². The van der Waals surface area contributed by atoms with Crippen molar-refractivity contribution in [2.45, 2.75) is 32.1 Å². The van der Waals surface area contributed by atoms with E-state index in [1.54, 1.807) is 24.3 Å². The van der Waals surface area contributed by atoms with Gasteiger partial charge in [0.2, 0.25) is 5.91 Å². The third kappa shape index (κ3) is 3.36. The molecule has 2 aliphatic rings. The maximum absolute atomic E-state index is 12.5. The summed E-state index contributed by atoms with van der Waals surface area (Å²) in [5.74, 6) is 1.34. The highest BCUT2D eigenvalue weighted by Gasteiger charge is 2.22. The van der Waals surface area contributed by atoms with Gasteiger partial charge >= 0.3 is 0 Å². The standard InChI is InChI=1S/C20H20N2O3/c23-19(11-13-5-1-2-6-13)21-14-9-10-17-15(12-14)20(24)22-16-7-3-4-8-18(16)25-17/h3-4,7-10,12-13H,1-2,5-6,11H2,(H,21,23)(H,22,24). The second-order valence-corrected chi connectivity index (χ2v) is 6.67. The summed E-state index contributed by atoms with van der Waals surface area (Å²) in [6, 6.07) is 12.5. The zero-order chi connectivity index (χ0) is 17.2. The van der Waals surface area contributed by atoms with Crippen molar-refractivity contribution in [2.24, 2.45) is 5.92 Å². The summed E-state index contributed by atoms with van der Waals surface area (Å²) in [5.41, 5.74) is 1.66. The monoisotopic (exact) mass is 336 g/mol. The van der Waals surface area contributed by atoms with E-state index < -0.39 is 0 Å². The van der Waals surface area contributed by atoms with E-state index in [-0.39, 0.29) is 11.8 Å². The Bertz CT molecular complexity index is 825. The number of benzene rings is 2. The van der Waals surface area contributed by atoms with E-state index in [1.807, 2.05) is 18.2 Å². The molecule has 0 saturated heterocycles. The van der Waals surface area contributed by atoms with Crippen molar-refractivity contribution in [1.82, 2.24) is 0 Å². The molecule has 5 nitrogen and oxygen atoms in total. The predicted octanol–water partition coefficient (Wildman–Crippen LogP) is 4.56. The largest absolute Gasteiger partial charge is 0.454 e. The van der Waals surface area contributed by atoms with Gasteiger partial charge in [0, 0.05) is 12.1 Å². The summed E-state index contributed by atoms with van der Waals surface area (Å²) in [6.07, 6.45) is 5.24. The molecule has 2 aromatic carbocycles. The molecule has 2 N–H and O–H groups in total. The van der Waals surface area contributed by atoms with E-state index in [0.717, 1.165) is 12.8 Å². The third-order valence-corrected chi connectivity index (χ3v) is 4.81. The van der Waals surface area contributed by atoms with Crippen molar-refractivity contribution in [3.63, 3.8) is 0 Å². The first kappa shape index (κ1) is 15.7. The summed E-state index contributed by atoms with van der Waals surface area (Å²) >= 11 is 0.